The molecule has 2 amide bonds. The molecule has 2 aliphatic heterocycles. The van der Waals surface area contributed by atoms with E-state index in [9.17, 15) is 29.6 Å². The summed E-state index contributed by atoms with van der Waals surface area (Å²) in [6.07, 6.45) is 2.80. The maximum absolute atomic E-state index is 12.8. The SMILES string of the molecule is CON=C(C(=O)NC1C(=O)N2C(C(=O)O)=C(C=Cc3ccc([N+](=O)[O-])o3)CS[C@H]12)c1csc(N)n1. The Kier molecular flexibility index (Phi) is 6.57. The average Bonchev–Trinajstić information content (AvgIpc) is 3.47. The highest BCUT2D eigenvalue weighted by Crippen LogP contribution is 2.41. The Labute approximate surface area is 204 Å². The molecule has 0 spiro atoms. The van der Waals surface area contributed by atoms with E-state index in [1.807, 2.05) is 0 Å². The second-order valence-electron chi connectivity index (χ2n) is 7.00. The number of nitrogens with one attached hydrogen (secondary N) is 1. The van der Waals surface area contributed by atoms with Crippen molar-refractivity contribution in [2.45, 2.75) is 11.4 Å². The second kappa shape index (κ2) is 9.59. The minimum Gasteiger partial charge on any atom is -0.477 e. The Morgan fingerprint density at radius 1 is 1.46 bits per heavy atom. The Hall–Kier alpha value is -4.18. The molecular weight excluding hydrogens is 504 g/mol. The van der Waals surface area contributed by atoms with Crippen LogP contribution in [0.1, 0.15) is 11.5 Å². The van der Waals surface area contributed by atoms with E-state index < -0.39 is 40.0 Å². The molecule has 4 N–H and O–H groups in total. The summed E-state index contributed by atoms with van der Waals surface area (Å²) in [6.45, 7) is 0. The molecule has 14 nitrogen and oxygen atoms in total. The fraction of sp³-hybridized carbons (Fsp3) is 0.211. The van der Waals surface area contributed by atoms with Crippen LogP contribution in [0, 0.1) is 10.1 Å². The number of hydrogen-bond acceptors (Lipinski definition) is 12. The molecule has 0 aliphatic carbocycles. The molecule has 1 unspecified atom stereocenters. The van der Waals surface area contributed by atoms with Crippen LogP contribution in [0.3, 0.4) is 0 Å². The summed E-state index contributed by atoms with van der Waals surface area (Å²) in [6, 6.07) is 1.54. The summed E-state index contributed by atoms with van der Waals surface area (Å²) < 4.78 is 5.03. The molecular formula is C19H16N6O8S2. The number of amides is 2. The van der Waals surface area contributed by atoms with E-state index >= 15 is 0 Å². The molecule has 2 aromatic rings. The standard InChI is InChI=1S/C19H16N6O8S2/c1-32-23-12(10-7-35-19(20)21-10)15(26)22-13-16(27)24-14(18(28)29)8(6-34-17(13)24)2-3-9-4-5-11(33-9)25(30)31/h2-5,7,13,17H,6H2,1H3,(H2,20,21)(H,22,26)(H,28,29)/t13?,17-/m1/s1. The number of rotatable bonds is 8. The molecule has 16 heteroatoms. The summed E-state index contributed by atoms with van der Waals surface area (Å²) in [5.74, 6) is -2.80. The van der Waals surface area contributed by atoms with Crippen LogP contribution >= 0.6 is 23.1 Å². The number of thioether (sulfide) groups is 1. The highest BCUT2D eigenvalue weighted by atomic mass is 32.2. The van der Waals surface area contributed by atoms with Crippen LogP contribution in [0.25, 0.3) is 6.08 Å². The average molecular weight is 521 g/mol. The predicted molar refractivity (Wildman–Crippen MR) is 124 cm³/mol. The van der Waals surface area contributed by atoms with Gasteiger partial charge in [0.25, 0.3) is 11.8 Å². The number of thiazole rings is 1. The van der Waals surface area contributed by atoms with E-state index in [0.29, 0.717) is 5.57 Å². The predicted octanol–water partition coefficient (Wildman–Crippen LogP) is 1.03. The zero-order valence-corrected chi connectivity index (χ0v) is 19.4. The third-order valence-electron chi connectivity index (χ3n) is 4.89. The van der Waals surface area contributed by atoms with Gasteiger partial charge in [0.2, 0.25) is 0 Å². The first-order valence-corrected chi connectivity index (χ1v) is 11.6. The van der Waals surface area contributed by atoms with Gasteiger partial charge in [0.1, 0.15) is 40.6 Å². The van der Waals surface area contributed by atoms with Crippen LogP contribution in [0.5, 0.6) is 0 Å². The molecule has 1 saturated heterocycles. The number of nitro groups is 1. The lowest BCUT2D eigenvalue weighted by molar-refractivity contribution is -0.402. The number of aromatic nitrogens is 1. The van der Waals surface area contributed by atoms with Crippen molar-refractivity contribution >= 4 is 63.7 Å². The number of allylic oxidation sites excluding steroid dienone is 1. The van der Waals surface area contributed by atoms with Gasteiger partial charge in [0.05, 0.1) is 6.07 Å². The molecule has 2 atom stereocenters. The lowest BCUT2D eigenvalue weighted by atomic mass is 10.0. The Morgan fingerprint density at radius 3 is 2.83 bits per heavy atom. The molecule has 2 aromatic heterocycles. The number of hydrogen-bond donors (Lipinski definition) is 3. The second-order valence-corrected chi connectivity index (χ2v) is 8.99. The number of nitrogens with two attached hydrogens (primary N) is 1. The number of carbonyl (C=O) groups is 3. The van der Waals surface area contributed by atoms with Crippen LogP contribution in [0.2, 0.25) is 0 Å². The maximum Gasteiger partial charge on any atom is 0.433 e. The summed E-state index contributed by atoms with van der Waals surface area (Å²) in [5, 5.41) is 27.8. The molecule has 0 aromatic carbocycles. The van der Waals surface area contributed by atoms with Crippen molar-refractivity contribution in [3.05, 3.63) is 56.4 Å². The Bertz CT molecular complexity index is 1310. The zero-order valence-electron chi connectivity index (χ0n) is 17.7. The number of furan rings is 1. The van der Waals surface area contributed by atoms with Gasteiger partial charge in [-0.25, -0.2) is 9.78 Å². The van der Waals surface area contributed by atoms with Gasteiger partial charge in [0, 0.05) is 11.1 Å². The maximum atomic E-state index is 12.8. The molecule has 35 heavy (non-hydrogen) atoms. The first-order chi connectivity index (χ1) is 16.7. The number of anilines is 1. The fourth-order valence-corrected chi connectivity index (χ4v) is 5.25. The van der Waals surface area contributed by atoms with E-state index in [1.165, 1.54) is 48.5 Å². The van der Waals surface area contributed by atoms with Gasteiger partial charge in [-0.05, 0) is 17.7 Å². The molecule has 2 aliphatic rings. The molecule has 0 bridgehead atoms. The molecule has 4 heterocycles. The number of carboxylic acids is 1. The third-order valence-corrected chi connectivity index (χ3v) is 6.87. The highest BCUT2D eigenvalue weighted by molar-refractivity contribution is 8.00. The monoisotopic (exact) mass is 520 g/mol. The summed E-state index contributed by atoms with van der Waals surface area (Å²) in [4.78, 5) is 57.4. The first kappa shape index (κ1) is 24.0. The van der Waals surface area contributed by atoms with Gasteiger partial charge in [0.15, 0.2) is 10.8 Å². The number of fused-ring (bicyclic) bond motifs is 1. The number of aliphatic carboxylic acids is 1. The van der Waals surface area contributed by atoms with Crippen LogP contribution in [-0.4, -0.2) is 67.7 Å². The lowest BCUT2D eigenvalue weighted by Gasteiger charge is -2.49. The van der Waals surface area contributed by atoms with Crippen molar-refractivity contribution in [3.63, 3.8) is 0 Å². The van der Waals surface area contributed by atoms with Crippen molar-refractivity contribution < 1.29 is 33.7 Å². The number of oxime groups is 1. The van der Waals surface area contributed by atoms with Crippen molar-refractivity contribution in [3.8, 4) is 0 Å². The van der Waals surface area contributed by atoms with Gasteiger partial charge in [-0.2, -0.15) is 0 Å². The molecule has 0 saturated carbocycles. The molecule has 4 rings (SSSR count). The van der Waals surface area contributed by atoms with Crippen molar-refractivity contribution in [1.82, 2.24) is 15.2 Å². The number of nitrogen functional groups attached to an aromatic ring is 1. The zero-order chi connectivity index (χ0) is 25.3. The smallest absolute Gasteiger partial charge is 0.433 e. The number of carbonyl (C=O) groups excluding carboxylic acids is 2. The van der Waals surface area contributed by atoms with Gasteiger partial charge in [-0.3, -0.25) is 24.6 Å². The molecule has 182 valence electrons. The van der Waals surface area contributed by atoms with Crippen LogP contribution in [0.15, 0.2) is 44.4 Å². The van der Waals surface area contributed by atoms with Crippen LogP contribution in [-0.2, 0) is 19.2 Å². The van der Waals surface area contributed by atoms with E-state index in [1.54, 1.807) is 0 Å². The quantitative estimate of drug-likeness (QED) is 0.194. The summed E-state index contributed by atoms with van der Waals surface area (Å²) in [7, 11) is 1.25. The molecule has 1 fully saturated rings. The van der Waals surface area contributed by atoms with Gasteiger partial charge in [-0.1, -0.05) is 11.2 Å². The minimum atomic E-state index is -1.34. The Balaban J connectivity index is 1.52. The van der Waals surface area contributed by atoms with Gasteiger partial charge >= 0.3 is 11.9 Å². The third kappa shape index (κ3) is 4.60. The van der Waals surface area contributed by atoms with E-state index in [4.69, 9.17) is 15.0 Å². The van der Waals surface area contributed by atoms with Crippen molar-refractivity contribution in [2.75, 3.05) is 18.6 Å². The van der Waals surface area contributed by atoms with Crippen molar-refractivity contribution in [2.24, 2.45) is 5.16 Å². The number of β-lactam (4-membered cyclic amide) rings is 1. The lowest BCUT2D eigenvalue weighted by Crippen LogP contribution is -2.71. The summed E-state index contributed by atoms with van der Waals surface area (Å²) in [5.41, 5.74) is 5.65. The van der Waals surface area contributed by atoms with E-state index in [-0.39, 0.29) is 33.7 Å². The molecule has 0 radical (unpaired) electrons. The topological polar surface area (TPSA) is 203 Å². The van der Waals surface area contributed by atoms with Crippen molar-refractivity contribution in [1.29, 1.82) is 0 Å². The fourth-order valence-electron chi connectivity index (χ4n) is 3.39. The highest BCUT2D eigenvalue weighted by Gasteiger charge is 2.54. The summed E-state index contributed by atoms with van der Waals surface area (Å²) >= 11 is 2.34. The van der Waals surface area contributed by atoms with Crippen LogP contribution in [0.4, 0.5) is 11.0 Å². The van der Waals surface area contributed by atoms with E-state index in [0.717, 1.165) is 16.2 Å². The number of nitrogens with zero attached hydrogens (tertiary/aromatic N) is 4. The van der Waals surface area contributed by atoms with Gasteiger partial charge in [-0.15, -0.1) is 23.1 Å². The normalized spacial score (nSPS) is 20.0. The van der Waals surface area contributed by atoms with Crippen LogP contribution < -0.4 is 11.1 Å². The minimum absolute atomic E-state index is 0.147. The van der Waals surface area contributed by atoms with Gasteiger partial charge < -0.3 is 25.4 Å². The number of carboxylic acid groups (broad SMARTS) is 1. The first-order valence-electron chi connectivity index (χ1n) is 9.68. The Morgan fingerprint density at radius 2 is 2.23 bits per heavy atom. The largest absolute Gasteiger partial charge is 0.477 e. The van der Waals surface area contributed by atoms with E-state index in [2.05, 4.69) is 15.5 Å².